The summed E-state index contributed by atoms with van der Waals surface area (Å²) in [5.74, 6) is 0.657. The van der Waals surface area contributed by atoms with Crippen LogP contribution in [0.2, 0.25) is 0 Å². The first-order valence-corrected chi connectivity index (χ1v) is 6.13. The molecule has 2 rings (SSSR count). The number of urea groups is 1. The van der Waals surface area contributed by atoms with Gasteiger partial charge in [0.05, 0.1) is 12.1 Å². The lowest BCUT2D eigenvalue weighted by Crippen LogP contribution is -2.32. The van der Waals surface area contributed by atoms with Gasteiger partial charge >= 0.3 is 6.03 Å². The molecular weight excluding hydrogens is 250 g/mol. The number of hydrogen-bond acceptors (Lipinski definition) is 3. The normalized spacial score (nSPS) is 14.4. The Morgan fingerprint density at radius 3 is 2.94 bits per heavy atom. The Morgan fingerprint density at radius 1 is 1.50 bits per heavy atom. The topological polar surface area (TPSA) is 67.6 Å². The molecule has 0 radical (unpaired) electrons. The molecule has 96 valence electrons. The van der Waals surface area contributed by atoms with Crippen LogP contribution in [0.1, 0.15) is 5.56 Å². The fourth-order valence-electron chi connectivity index (χ4n) is 1.79. The summed E-state index contributed by atoms with van der Waals surface area (Å²) >= 11 is 4.95. The zero-order valence-electron chi connectivity index (χ0n) is 9.89. The van der Waals surface area contributed by atoms with Crippen LogP contribution in [0.25, 0.3) is 0 Å². The van der Waals surface area contributed by atoms with Gasteiger partial charge < -0.3 is 20.7 Å². The van der Waals surface area contributed by atoms with E-state index in [-0.39, 0.29) is 6.03 Å². The molecule has 1 aromatic carbocycles. The van der Waals surface area contributed by atoms with E-state index in [1.165, 1.54) is 0 Å². The molecule has 0 aliphatic carbocycles. The number of carbonyl (C=O) groups is 1. The van der Waals surface area contributed by atoms with E-state index in [1.54, 1.807) is 4.90 Å². The van der Waals surface area contributed by atoms with Crippen molar-refractivity contribution in [2.75, 3.05) is 26.2 Å². The minimum atomic E-state index is -0.0405. The van der Waals surface area contributed by atoms with Crippen molar-refractivity contribution in [3.05, 3.63) is 29.8 Å². The van der Waals surface area contributed by atoms with E-state index in [1.807, 2.05) is 24.3 Å². The molecule has 1 heterocycles. The maximum Gasteiger partial charge on any atom is 0.317 e. The van der Waals surface area contributed by atoms with Crippen LogP contribution >= 0.6 is 12.2 Å². The number of amides is 2. The first-order chi connectivity index (χ1) is 8.68. The predicted molar refractivity (Wildman–Crippen MR) is 72.8 cm³/mol. The number of nitrogens with two attached hydrogens (primary N) is 1. The molecule has 1 aliphatic rings. The van der Waals surface area contributed by atoms with E-state index in [2.05, 4.69) is 5.32 Å². The minimum Gasteiger partial charge on any atom is -0.491 e. The Bertz CT molecular complexity index is 464. The van der Waals surface area contributed by atoms with Crippen LogP contribution < -0.4 is 15.8 Å². The Morgan fingerprint density at radius 2 is 2.28 bits per heavy atom. The van der Waals surface area contributed by atoms with Crippen LogP contribution in [-0.4, -0.2) is 42.2 Å². The van der Waals surface area contributed by atoms with Crippen molar-refractivity contribution in [2.24, 2.45) is 5.73 Å². The number of ether oxygens (including phenoxy) is 1. The summed E-state index contributed by atoms with van der Waals surface area (Å²) in [4.78, 5) is 13.3. The summed E-state index contributed by atoms with van der Waals surface area (Å²) in [7, 11) is 0. The third-order valence-corrected chi connectivity index (χ3v) is 2.94. The van der Waals surface area contributed by atoms with Gasteiger partial charge in [0.25, 0.3) is 0 Å². The number of thiocarbonyl (C=S) groups is 1. The lowest BCUT2D eigenvalue weighted by atomic mass is 10.2. The van der Waals surface area contributed by atoms with Crippen LogP contribution in [0, 0.1) is 0 Å². The third-order valence-electron chi connectivity index (χ3n) is 2.72. The van der Waals surface area contributed by atoms with Crippen molar-refractivity contribution >= 4 is 23.2 Å². The summed E-state index contributed by atoms with van der Waals surface area (Å²) in [5, 5.41) is 2.74. The molecule has 1 aromatic rings. The van der Waals surface area contributed by atoms with Gasteiger partial charge in [-0.2, -0.15) is 0 Å². The van der Waals surface area contributed by atoms with Crippen LogP contribution in [0.4, 0.5) is 4.79 Å². The van der Waals surface area contributed by atoms with E-state index in [0.29, 0.717) is 30.4 Å². The zero-order chi connectivity index (χ0) is 13.0. The Kier molecular flexibility index (Phi) is 3.99. The molecule has 0 spiro atoms. The third kappa shape index (κ3) is 2.89. The Labute approximate surface area is 111 Å². The van der Waals surface area contributed by atoms with E-state index in [0.717, 1.165) is 12.1 Å². The number of nitrogens with one attached hydrogen (secondary N) is 1. The molecule has 0 atom stereocenters. The lowest BCUT2D eigenvalue weighted by molar-refractivity contribution is 0.202. The van der Waals surface area contributed by atoms with E-state index in [9.17, 15) is 4.79 Å². The number of rotatable bonds is 5. The van der Waals surface area contributed by atoms with Crippen molar-refractivity contribution in [3.63, 3.8) is 0 Å². The minimum absolute atomic E-state index is 0.0405. The highest BCUT2D eigenvalue weighted by Gasteiger charge is 2.18. The SMILES string of the molecule is NC(=S)c1ccccc1OCCN1CCNC1=O. The number of nitrogens with zero attached hydrogens (tertiary/aromatic N) is 1. The molecule has 3 N–H and O–H groups in total. The number of para-hydroxylation sites is 1. The van der Waals surface area contributed by atoms with Crippen LogP contribution in [0.5, 0.6) is 5.75 Å². The van der Waals surface area contributed by atoms with Crippen LogP contribution in [0.15, 0.2) is 24.3 Å². The highest BCUT2D eigenvalue weighted by Crippen LogP contribution is 2.17. The van der Waals surface area contributed by atoms with Gasteiger partial charge in [-0.05, 0) is 12.1 Å². The number of carbonyl (C=O) groups excluding carboxylic acids is 1. The Balaban J connectivity index is 1.90. The van der Waals surface area contributed by atoms with Crippen molar-refractivity contribution in [2.45, 2.75) is 0 Å². The molecule has 0 saturated carbocycles. The smallest absolute Gasteiger partial charge is 0.317 e. The van der Waals surface area contributed by atoms with Gasteiger partial charge in [-0.15, -0.1) is 0 Å². The van der Waals surface area contributed by atoms with Crippen LogP contribution in [-0.2, 0) is 0 Å². The number of hydrogen-bond donors (Lipinski definition) is 2. The van der Waals surface area contributed by atoms with Crippen molar-refractivity contribution < 1.29 is 9.53 Å². The molecule has 2 amide bonds. The van der Waals surface area contributed by atoms with Crippen molar-refractivity contribution in [1.82, 2.24) is 10.2 Å². The molecule has 1 fully saturated rings. The highest BCUT2D eigenvalue weighted by atomic mass is 32.1. The molecule has 0 unspecified atom stereocenters. The van der Waals surface area contributed by atoms with Crippen LogP contribution in [0.3, 0.4) is 0 Å². The maximum absolute atomic E-state index is 11.3. The summed E-state index contributed by atoms with van der Waals surface area (Å²) in [6, 6.07) is 7.31. The average molecular weight is 265 g/mol. The quantitative estimate of drug-likeness (QED) is 0.770. The Hall–Kier alpha value is -1.82. The van der Waals surface area contributed by atoms with Crippen molar-refractivity contribution in [1.29, 1.82) is 0 Å². The summed E-state index contributed by atoms with van der Waals surface area (Å²) in [6.45, 7) is 2.39. The predicted octanol–water partition coefficient (Wildman–Crippen LogP) is 0.725. The summed E-state index contributed by atoms with van der Waals surface area (Å²) in [6.07, 6.45) is 0. The second-order valence-electron chi connectivity index (χ2n) is 3.93. The van der Waals surface area contributed by atoms with Gasteiger partial charge in [0.15, 0.2) is 0 Å². The second-order valence-corrected chi connectivity index (χ2v) is 4.37. The monoisotopic (exact) mass is 265 g/mol. The zero-order valence-corrected chi connectivity index (χ0v) is 10.7. The van der Waals surface area contributed by atoms with Gasteiger partial charge in [0.2, 0.25) is 0 Å². The van der Waals surface area contributed by atoms with E-state index >= 15 is 0 Å². The molecule has 0 bridgehead atoms. The van der Waals surface area contributed by atoms with E-state index in [4.69, 9.17) is 22.7 Å². The molecule has 5 nitrogen and oxygen atoms in total. The second kappa shape index (κ2) is 5.68. The molecule has 1 saturated heterocycles. The fraction of sp³-hybridized carbons (Fsp3) is 0.333. The molecular formula is C12H15N3O2S. The summed E-state index contributed by atoms with van der Waals surface area (Å²) < 4.78 is 5.62. The average Bonchev–Trinajstić information content (AvgIpc) is 2.76. The molecule has 1 aliphatic heterocycles. The van der Waals surface area contributed by atoms with Gasteiger partial charge in [-0.3, -0.25) is 0 Å². The summed E-state index contributed by atoms with van der Waals surface area (Å²) in [5.41, 5.74) is 6.33. The number of benzene rings is 1. The van der Waals surface area contributed by atoms with Crippen molar-refractivity contribution in [3.8, 4) is 5.75 Å². The maximum atomic E-state index is 11.3. The lowest BCUT2D eigenvalue weighted by Gasteiger charge is -2.15. The molecule has 0 aromatic heterocycles. The van der Waals surface area contributed by atoms with Gasteiger partial charge in [0, 0.05) is 13.1 Å². The van der Waals surface area contributed by atoms with Gasteiger partial charge in [-0.1, -0.05) is 24.4 Å². The molecule has 6 heteroatoms. The van der Waals surface area contributed by atoms with Gasteiger partial charge in [-0.25, -0.2) is 4.79 Å². The first kappa shape index (κ1) is 12.6. The molecule has 18 heavy (non-hydrogen) atoms. The van der Waals surface area contributed by atoms with E-state index < -0.39 is 0 Å². The van der Waals surface area contributed by atoms with Gasteiger partial charge in [0.1, 0.15) is 17.3 Å². The largest absolute Gasteiger partial charge is 0.491 e. The standard InChI is InChI=1S/C12H15N3O2S/c13-11(18)9-3-1-2-4-10(9)17-8-7-15-6-5-14-12(15)16/h1-4H,5-8H2,(H2,13,18)(H,14,16). The highest BCUT2D eigenvalue weighted by molar-refractivity contribution is 7.80. The first-order valence-electron chi connectivity index (χ1n) is 5.73. The fourth-order valence-corrected chi connectivity index (χ4v) is 1.95.